The fraction of sp³-hybridized carbons (Fsp3) is 0.318. The Morgan fingerprint density at radius 2 is 1.73 bits per heavy atom. The number of rotatable bonds is 4. The SMILES string of the molecule is CNc1nc(N)nc2cc(-c3ccc(CO)c(N4CCCC4)c3)ccc12.O=C(O)C(F)(F)F. The molecule has 1 saturated heterocycles. The highest BCUT2D eigenvalue weighted by molar-refractivity contribution is 5.93. The monoisotopic (exact) mass is 463 g/mol. The van der Waals surface area contributed by atoms with E-state index in [1.165, 1.54) is 12.8 Å². The lowest BCUT2D eigenvalue weighted by atomic mass is 10.0. The molecule has 0 aliphatic carbocycles. The first kappa shape index (κ1) is 24.1. The Morgan fingerprint density at radius 1 is 1.12 bits per heavy atom. The summed E-state index contributed by atoms with van der Waals surface area (Å²) in [6, 6.07) is 12.4. The van der Waals surface area contributed by atoms with Crippen LogP contribution in [0.3, 0.4) is 0 Å². The first-order valence-corrected chi connectivity index (χ1v) is 10.2. The molecule has 0 amide bonds. The van der Waals surface area contributed by atoms with E-state index in [0.29, 0.717) is 0 Å². The molecule has 1 aromatic heterocycles. The molecule has 0 spiro atoms. The molecule has 3 aromatic rings. The first-order valence-electron chi connectivity index (χ1n) is 10.2. The van der Waals surface area contributed by atoms with Gasteiger partial charge >= 0.3 is 12.1 Å². The van der Waals surface area contributed by atoms with E-state index in [0.717, 1.165) is 52.2 Å². The van der Waals surface area contributed by atoms with Gasteiger partial charge in [0.2, 0.25) is 5.95 Å². The number of alkyl halides is 3. The van der Waals surface area contributed by atoms with Gasteiger partial charge in [0.25, 0.3) is 0 Å². The number of aliphatic hydroxyl groups excluding tert-OH is 1. The van der Waals surface area contributed by atoms with E-state index in [9.17, 15) is 18.3 Å². The Balaban J connectivity index is 0.000000383. The van der Waals surface area contributed by atoms with Crippen LogP contribution >= 0.6 is 0 Å². The van der Waals surface area contributed by atoms with Crippen LogP contribution in [-0.4, -0.2) is 52.5 Å². The van der Waals surface area contributed by atoms with Crippen molar-refractivity contribution in [3.8, 4) is 11.1 Å². The molecule has 2 aromatic carbocycles. The molecule has 2 heterocycles. The molecular weight excluding hydrogens is 439 g/mol. The number of aliphatic hydroxyl groups is 1. The molecule has 33 heavy (non-hydrogen) atoms. The number of nitrogen functional groups attached to an aromatic ring is 1. The summed E-state index contributed by atoms with van der Waals surface area (Å²) in [6.45, 7) is 2.14. The number of halogens is 3. The number of nitrogens with zero attached hydrogens (tertiary/aromatic N) is 3. The van der Waals surface area contributed by atoms with Crippen LogP contribution in [0.4, 0.5) is 30.6 Å². The zero-order valence-electron chi connectivity index (χ0n) is 17.9. The van der Waals surface area contributed by atoms with Gasteiger partial charge < -0.3 is 26.2 Å². The number of carbonyl (C=O) groups is 1. The van der Waals surface area contributed by atoms with Crippen LogP contribution in [0.15, 0.2) is 36.4 Å². The summed E-state index contributed by atoms with van der Waals surface area (Å²) in [5, 5.41) is 20.8. The molecule has 5 N–H and O–H groups in total. The van der Waals surface area contributed by atoms with Crippen molar-refractivity contribution in [1.29, 1.82) is 0 Å². The summed E-state index contributed by atoms with van der Waals surface area (Å²) in [5.41, 5.74) is 10.9. The van der Waals surface area contributed by atoms with Gasteiger partial charge in [0, 0.05) is 36.8 Å². The van der Waals surface area contributed by atoms with E-state index in [1.54, 1.807) is 0 Å². The molecule has 0 unspecified atom stereocenters. The Kier molecular flexibility index (Phi) is 7.22. The molecule has 0 atom stereocenters. The zero-order valence-corrected chi connectivity index (χ0v) is 17.9. The van der Waals surface area contributed by atoms with Crippen molar-refractivity contribution in [1.82, 2.24) is 9.97 Å². The van der Waals surface area contributed by atoms with Crippen LogP contribution in [0.2, 0.25) is 0 Å². The molecule has 1 aliphatic heterocycles. The number of aliphatic carboxylic acids is 1. The smallest absolute Gasteiger partial charge is 0.475 e. The Labute approximate surface area is 187 Å². The maximum atomic E-state index is 10.6. The average Bonchev–Trinajstić information content (AvgIpc) is 3.32. The molecule has 0 radical (unpaired) electrons. The third-order valence-electron chi connectivity index (χ3n) is 5.23. The van der Waals surface area contributed by atoms with Crippen molar-refractivity contribution in [2.24, 2.45) is 0 Å². The van der Waals surface area contributed by atoms with E-state index in [2.05, 4.69) is 38.4 Å². The van der Waals surface area contributed by atoms with Crippen molar-refractivity contribution in [3.63, 3.8) is 0 Å². The molecule has 176 valence electrons. The second-order valence-corrected chi connectivity index (χ2v) is 7.41. The lowest BCUT2D eigenvalue weighted by molar-refractivity contribution is -0.192. The number of carboxylic acids is 1. The zero-order chi connectivity index (χ0) is 24.2. The highest BCUT2D eigenvalue weighted by Crippen LogP contribution is 2.32. The predicted molar refractivity (Wildman–Crippen MR) is 120 cm³/mol. The third-order valence-corrected chi connectivity index (χ3v) is 5.23. The number of nitrogens with two attached hydrogens (primary N) is 1. The number of fused-ring (bicyclic) bond motifs is 1. The molecule has 0 saturated carbocycles. The molecule has 8 nitrogen and oxygen atoms in total. The van der Waals surface area contributed by atoms with Gasteiger partial charge in [0.1, 0.15) is 5.82 Å². The molecule has 4 rings (SSSR count). The number of hydrogen-bond donors (Lipinski definition) is 4. The lowest BCUT2D eigenvalue weighted by Gasteiger charge is -2.22. The van der Waals surface area contributed by atoms with E-state index < -0.39 is 12.1 Å². The van der Waals surface area contributed by atoms with Crippen LogP contribution in [0.1, 0.15) is 18.4 Å². The molecular formula is C22H24F3N5O3. The van der Waals surface area contributed by atoms with Gasteiger partial charge in [-0.3, -0.25) is 0 Å². The quantitative estimate of drug-likeness (QED) is 0.462. The fourth-order valence-electron chi connectivity index (χ4n) is 3.65. The maximum Gasteiger partial charge on any atom is 0.490 e. The minimum absolute atomic E-state index is 0.0547. The molecule has 11 heteroatoms. The molecule has 0 bridgehead atoms. The average molecular weight is 463 g/mol. The predicted octanol–water partition coefficient (Wildman–Crippen LogP) is 3.65. The van der Waals surface area contributed by atoms with Crippen molar-refractivity contribution in [2.45, 2.75) is 25.6 Å². The number of carboxylic acid groups (broad SMARTS) is 1. The fourth-order valence-corrected chi connectivity index (χ4v) is 3.65. The minimum Gasteiger partial charge on any atom is -0.475 e. The Hall–Kier alpha value is -3.60. The van der Waals surface area contributed by atoms with Gasteiger partial charge in [0.05, 0.1) is 12.1 Å². The van der Waals surface area contributed by atoms with Crippen LogP contribution in [0.25, 0.3) is 22.0 Å². The minimum atomic E-state index is -5.08. The summed E-state index contributed by atoms with van der Waals surface area (Å²) in [5.74, 6) is -1.77. The highest BCUT2D eigenvalue weighted by Gasteiger charge is 2.38. The van der Waals surface area contributed by atoms with Gasteiger partial charge in [-0.05, 0) is 42.2 Å². The van der Waals surface area contributed by atoms with E-state index in [4.69, 9.17) is 15.6 Å². The second kappa shape index (κ2) is 9.90. The summed E-state index contributed by atoms with van der Waals surface area (Å²) in [6.07, 6.45) is -2.68. The van der Waals surface area contributed by atoms with Crippen LogP contribution in [0, 0.1) is 0 Å². The second-order valence-electron chi connectivity index (χ2n) is 7.41. The summed E-state index contributed by atoms with van der Waals surface area (Å²) in [7, 11) is 1.82. The van der Waals surface area contributed by atoms with E-state index in [-0.39, 0.29) is 12.6 Å². The van der Waals surface area contributed by atoms with Crippen LogP contribution in [0.5, 0.6) is 0 Å². The van der Waals surface area contributed by atoms with Gasteiger partial charge in [0.15, 0.2) is 0 Å². The number of hydrogen-bond acceptors (Lipinski definition) is 7. The van der Waals surface area contributed by atoms with Crippen molar-refractivity contribution in [2.75, 3.05) is 36.1 Å². The first-order chi connectivity index (χ1) is 15.6. The lowest BCUT2D eigenvalue weighted by Crippen LogP contribution is -2.21. The van der Waals surface area contributed by atoms with Gasteiger partial charge in [-0.25, -0.2) is 9.78 Å². The van der Waals surface area contributed by atoms with E-state index in [1.807, 2.05) is 25.2 Å². The normalized spacial score (nSPS) is 13.5. The summed E-state index contributed by atoms with van der Waals surface area (Å²) >= 11 is 0. The molecule has 1 fully saturated rings. The Morgan fingerprint density at radius 3 is 2.30 bits per heavy atom. The van der Waals surface area contributed by atoms with Gasteiger partial charge in [-0.1, -0.05) is 18.2 Å². The van der Waals surface area contributed by atoms with Crippen LogP contribution in [-0.2, 0) is 11.4 Å². The largest absolute Gasteiger partial charge is 0.490 e. The summed E-state index contributed by atoms with van der Waals surface area (Å²) < 4.78 is 31.7. The topological polar surface area (TPSA) is 125 Å². The molecule has 1 aliphatic rings. The summed E-state index contributed by atoms with van der Waals surface area (Å²) in [4.78, 5) is 19.9. The van der Waals surface area contributed by atoms with Crippen molar-refractivity contribution >= 4 is 34.3 Å². The standard InChI is InChI=1S/C20H23N5O.C2HF3O2/c1-22-19-16-7-6-13(10-17(16)23-20(21)24-19)14-4-5-15(12-26)18(11-14)25-8-2-3-9-25;3-2(4,5)1(6)7/h4-7,10-11,26H,2-3,8-9,12H2,1H3,(H3,21,22,23,24);(H,6,7). The van der Waals surface area contributed by atoms with Crippen LogP contribution < -0.4 is 16.0 Å². The number of anilines is 3. The van der Waals surface area contributed by atoms with E-state index >= 15 is 0 Å². The van der Waals surface area contributed by atoms with Crippen molar-refractivity contribution < 1.29 is 28.2 Å². The van der Waals surface area contributed by atoms with Gasteiger partial charge in [-0.2, -0.15) is 18.2 Å². The van der Waals surface area contributed by atoms with Gasteiger partial charge in [-0.15, -0.1) is 0 Å². The number of nitrogens with one attached hydrogen (secondary N) is 1. The van der Waals surface area contributed by atoms with Crippen molar-refractivity contribution in [3.05, 3.63) is 42.0 Å². The number of aromatic nitrogens is 2. The highest BCUT2D eigenvalue weighted by atomic mass is 19.4. The third kappa shape index (κ3) is 5.61. The maximum absolute atomic E-state index is 10.6. The number of benzene rings is 2. The Bertz CT molecular complexity index is 1150.